The van der Waals surface area contributed by atoms with Crippen molar-refractivity contribution in [3.63, 3.8) is 0 Å². The molecular weight excluding hydrogens is 344 g/mol. The number of nitrogens with zero attached hydrogens (tertiary/aromatic N) is 4. The largest absolute Gasteiger partial charge is 0.341 e. The average Bonchev–Trinajstić information content (AvgIpc) is 3.37. The number of aromatic nitrogens is 2. The molecule has 1 fully saturated rings. The molecule has 0 atom stereocenters. The molecule has 1 saturated heterocycles. The van der Waals surface area contributed by atoms with Crippen molar-refractivity contribution in [1.82, 2.24) is 14.9 Å². The maximum Gasteiger partial charge on any atom is 0.273 e. The van der Waals surface area contributed by atoms with Crippen LogP contribution in [0.1, 0.15) is 57.9 Å². The van der Waals surface area contributed by atoms with E-state index < -0.39 is 0 Å². The van der Waals surface area contributed by atoms with Crippen molar-refractivity contribution in [2.24, 2.45) is 0 Å². The van der Waals surface area contributed by atoms with Gasteiger partial charge in [-0.15, -0.1) is 11.3 Å². The number of anilines is 1. The van der Waals surface area contributed by atoms with Gasteiger partial charge in [0.1, 0.15) is 5.69 Å². The van der Waals surface area contributed by atoms with Gasteiger partial charge in [-0.3, -0.25) is 4.79 Å². The van der Waals surface area contributed by atoms with E-state index in [9.17, 15) is 4.79 Å². The Morgan fingerprint density at radius 1 is 1.00 bits per heavy atom. The Balaban J connectivity index is 1.50. The first-order chi connectivity index (χ1) is 12.8. The van der Waals surface area contributed by atoms with Crippen molar-refractivity contribution in [3.8, 4) is 0 Å². The first kappa shape index (κ1) is 16.2. The van der Waals surface area contributed by atoms with Gasteiger partial charge in [0, 0.05) is 42.3 Å². The second-order valence-corrected chi connectivity index (χ2v) is 8.55. The van der Waals surface area contributed by atoms with Gasteiger partial charge in [-0.05, 0) is 62.0 Å². The molecule has 2 aromatic heterocycles. The lowest BCUT2D eigenvalue weighted by atomic mass is 9.94. The molecule has 0 bridgehead atoms. The van der Waals surface area contributed by atoms with Crippen molar-refractivity contribution in [3.05, 3.63) is 38.8 Å². The summed E-state index contributed by atoms with van der Waals surface area (Å²) in [4.78, 5) is 28.7. The lowest BCUT2D eigenvalue weighted by Gasteiger charge is -2.29. The minimum Gasteiger partial charge on any atom is -0.341 e. The molecule has 3 aliphatic rings. The van der Waals surface area contributed by atoms with Crippen molar-refractivity contribution >= 4 is 23.2 Å². The van der Waals surface area contributed by atoms with Crippen LogP contribution in [-0.2, 0) is 25.8 Å². The molecule has 2 aromatic rings. The molecule has 0 aromatic carbocycles. The Hall–Kier alpha value is -1.95. The van der Waals surface area contributed by atoms with Crippen molar-refractivity contribution < 1.29 is 4.79 Å². The molecule has 0 radical (unpaired) electrons. The summed E-state index contributed by atoms with van der Waals surface area (Å²) >= 11 is 1.81. The molecule has 0 saturated carbocycles. The van der Waals surface area contributed by atoms with E-state index in [2.05, 4.69) is 16.3 Å². The van der Waals surface area contributed by atoms with E-state index >= 15 is 0 Å². The van der Waals surface area contributed by atoms with Crippen LogP contribution in [0.15, 0.2) is 11.4 Å². The molecule has 0 N–H and O–H groups in total. The number of amides is 1. The van der Waals surface area contributed by atoms with Crippen molar-refractivity contribution in [1.29, 1.82) is 0 Å². The number of carbonyl (C=O) groups is 1. The highest BCUT2D eigenvalue weighted by Crippen LogP contribution is 2.29. The second kappa shape index (κ2) is 6.65. The van der Waals surface area contributed by atoms with E-state index in [1.165, 1.54) is 29.7 Å². The zero-order chi connectivity index (χ0) is 17.5. The Bertz CT molecular complexity index is 840. The summed E-state index contributed by atoms with van der Waals surface area (Å²) in [7, 11) is 0. The molecule has 1 aliphatic carbocycles. The third-order valence-corrected chi connectivity index (χ3v) is 6.88. The number of rotatable bonds is 2. The molecule has 26 heavy (non-hydrogen) atoms. The average molecular weight is 369 g/mol. The Labute approximate surface area is 158 Å². The van der Waals surface area contributed by atoms with Crippen molar-refractivity contribution in [2.45, 2.75) is 51.5 Å². The highest BCUT2D eigenvalue weighted by Gasteiger charge is 2.29. The number of fused-ring (bicyclic) bond motifs is 2. The number of carbonyl (C=O) groups excluding carboxylic acids is 1. The third-order valence-electron chi connectivity index (χ3n) is 5.86. The van der Waals surface area contributed by atoms with Crippen LogP contribution in [0.4, 0.5) is 5.95 Å². The number of thiophene rings is 1. The lowest BCUT2D eigenvalue weighted by Crippen LogP contribution is -2.37. The first-order valence-corrected chi connectivity index (χ1v) is 10.7. The third kappa shape index (κ3) is 2.80. The zero-order valence-corrected chi connectivity index (χ0v) is 15.9. The molecule has 5 rings (SSSR count). The van der Waals surface area contributed by atoms with Crippen LogP contribution in [0.25, 0.3) is 0 Å². The van der Waals surface area contributed by atoms with Gasteiger partial charge in [-0.25, -0.2) is 9.97 Å². The molecule has 2 aliphatic heterocycles. The van der Waals surface area contributed by atoms with Gasteiger partial charge >= 0.3 is 0 Å². The number of hydrogen-bond acceptors (Lipinski definition) is 5. The highest BCUT2D eigenvalue weighted by atomic mass is 32.1. The Morgan fingerprint density at radius 3 is 2.73 bits per heavy atom. The Kier molecular flexibility index (Phi) is 4.15. The minimum absolute atomic E-state index is 0.0999. The summed E-state index contributed by atoms with van der Waals surface area (Å²) < 4.78 is 0. The highest BCUT2D eigenvalue weighted by molar-refractivity contribution is 7.10. The maximum atomic E-state index is 13.4. The van der Waals surface area contributed by atoms with Crippen LogP contribution in [0.2, 0.25) is 0 Å². The SMILES string of the molecule is O=C(c1nc(N2CCCC2)nc2c1CCCC2)N1CCc2sccc2C1. The fraction of sp³-hybridized carbons (Fsp3) is 0.550. The smallest absolute Gasteiger partial charge is 0.273 e. The monoisotopic (exact) mass is 368 g/mol. The summed E-state index contributed by atoms with van der Waals surface area (Å²) in [5.74, 6) is 0.877. The quantitative estimate of drug-likeness (QED) is 0.817. The van der Waals surface area contributed by atoms with E-state index in [-0.39, 0.29) is 5.91 Å². The summed E-state index contributed by atoms with van der Waals surface area (Å²) in [5, 5.41) is 2.14. The molecule has 6 heteroatoms. The van der Waals surface area contributed by atoms with Gasteiger partial charge < -0.3 is 9.80 Å². The topological polar surface area (TPSA) is 49.3 Å². The van der Waals surface area contributed by atoms with Gasteiger partial charge in [0.2, 0.25) is 5.95 Å². The first-order valence-electron chi connectivity index (χ1n) is 9.79. The summed E-state index contributed by atoms with van der Waals surface area (Å²) in [5.41, 5.74) is 4.21. The van der Waals surface area contributed by atoms with Gasteiger partial charge in [-0.1, -0.05) is 0 Å². The van der Waals surface area contributed by atoms with E-state index in [4.69, 9.17) is 9.97 Å². The summed E-state index contributed by atoms with van der Waals surface area (Å²) in [6, 6.07) is 2.16. The molecule has 0 unspecified atom stereocenters. The molecular formula is C20H24N4OS. The molecule has 0 spiro atoms. The van der Waals surface area contributed by atoms with Gasteiger partial charge in [-0.2, -0.15) is 0 Å². The molecule has 5 nitrogen and oxygen atoms in total. The summed E-state index contributed by atoms with van der Waals surface area (Å²) in [6.07, 6.45) is 7.56. The van der Waals surface area contributed by atoms with E-state index in [1.807, 2.05) is 4.90 Å². The fourth-order valence-electron chi connectivity index (χ4n) is 4.39. The standard InChI is InChI=1S/C20H24N4OS/c25-19(24-11-7-17-14(13-24)8-12-26-17)18-15-5-1-2-6-16(15)21-20(22-18)23-9-3-4-10-23/h8,12H,1-7,9-11,13H2. The molecule has 4 heterocycles. The van der Waals surface area contributed by atoms with Crippen molar-refractivity contribution in [2.75, 3.05) is 24.5 Å². The van der Waals surface area contributed by atoms with E-state index in [1.54, 1.807) is 11.3 Å². The number of hydrogen-bond donors (Lipinski definition) is 0. The second-order valence-electron chi connectivity index (χ2n) is 7.54. The molecule has 1 amide bonds. The van der Waals surface area contributed by atoms with Crippen LogP contribution in [0.3, 0.4) is 0 Å². The maximum absolute atomic E-state index is 13.4. The van der Waals surface area contributed by atoms with Gasteiger partial charge in [0.15, 0.2) is 0 Å². The fourth-order valence-corrected chi connectivity index (χ4v) is 5.28. The van der Waals surface area contributed by atoms with Crippen LogP contribution >= 0.6 is 11.3 Å². The van der Waals surface area contributed by atoms with Gasteiger partial charge in [0.05, 0.1) is 0 Å². The molecule has 136 valence electrons. The van der Waals surface area contributed by atoms with Crippen LogP contribution in [0.5, 0.6) is 0 Å². The minimum atomic E-state index is 0.0999. The predicted octanol–water partition coefficient (Wildman–Crippen LogP) is 3.22. The van der Waals surface area contributed by atoms with Crippen LogP contribution in [0, 0.1) is 0 Å². The van der Waals surface area contributed by atoms with E-state index in [0.29, 0.717) is 5.69 Å². The normalized spacial score (nSPS) is 19.4. The predicted molar refractivity (Wildman–Crippen MR) is 103 cm³/mol. The van der Waals surface area contributed by atoms with Crippen LogP contribution in [-0.4, -0.2) is 40.4 Å². The lowest BCUT2D eigenvalue weighted by molar-refractivity contribution is 0.0728. The Morgan fingerprint density at radius 2 is 1.85 bits per heavy atom. The summed E-state index contributed by atoms with van der Waals surface area (Å²) in [6.45, 7) is 3.53. The van der Waals surface area contributed by atoms with Crippen LogP contribution < -0.4 is 4.90 Å². The van der Waals surface area contributed by atoms with E-state index in [0.717, 1.165) is 69.1 Å². The number of aryl methyl sites for hydroxylation is 1. The van der Waals surface area contributed by atoms with Gasteiger partial charge in [0.25, 0.3) is 5.91 Å². The zero-order valence-electron chi connectivity index (χ0n) is 15.0.